The summed E-state index contributed by atoms with van der Waals surface area (Å²) in [7, 11) is -3.08. The van der Waals surface area contributed by atoms with E-state index in [4.69, 9.17) is 0 Å². The predicted octanol–water partition coefficient (Wildman–Crippen LogP) is 7.48. The molecule has 2 aliphatic rings. The molecule has 2 unspecified atom stereocenters. The molecule has 0 amide bonds. The van der Waals surface area contributed by atoms with Gasteiger partial charge in [0.15, 0.2) is 0 Å². The van der Waals surface area contributed by atoms with Crippen molar-refractivity contribution in [2.24, 2.45) is 0 Å². The Bertz CT molecular complexity index is 1020. The van der Waals surface area contributed by atoms with Gasteiger partial charge in [-0.1, -0.05) is 107 Å². The second-order valence-electron chi connectivity index (χ2n) is 10.3. The molecule has 0 aromatic heterocycles. The Labute approximate surface area is 180 Å². The molecule has 0 bridgehead atoms. The lowest BCUT2D eigenvalue weighted by Crippen LogP contribution is -2.43. The standard InChI is InChI=1S/C25H31BrSi2/c1-16-14-20-18(10-8-12-22(20)26)24(16)28(6,7)25-17(2)15-21-19(25)11-9-13-23(21)27(3,4)5/h8-15,24-25H,1-7H3. The van der Waals surface area contributed by atoms with Crippen LogP contribution in [-0.4, -0.2) is 16.1 Å². The molecule has 0 nitrogen and oxygen atoms in total. The molecule has 0 heterocycles. The molecule has 2 aromatic rings. The first-order valence-electron chi connectivity index (χ1n) is 10.3. The number of halogens is 1. The fourth-order valence-corrected chi connectivity index (χ4v) is 12.9. The minimum atomic E-state index is -1.71. The van der Waals surface area contributed by atoms with Crippen molar-refractivity contribution in [3.63, 3.8) is 0 Å². The van der Waals surface area contributed by atoms with Crippen molar-refractivity contribution in [1.29, 1.82) is 0 Å². The predicted molar refractivity (Wildman–Crippen MR) is 134 cm³/mol. The molecule has 3 heteroatoms. The van der Waals surface area contributed by atoms with E-state index in [1.807, 2.05) is 0 Å². The van der Waals surface area contributed by atoms with Gasteiger partial charge < -0.3 is 0 Å². The van der Waals surface area contributed by atoms with E-state index < -0.39 is 16.1 Å². The zero-order chi connectivity index (χ0) is 20.4. The van der Waals surface area contributed by atoms with Gasteiger partial charge in [0.1, 0.15) is 0 Å². The summed E-state index contributed by atoms with van der Waals surface area (Å²) in [5.41, 5.74) is 10.4. The van der Waals surface area contributed by atoms with Crippen LogP contribution >= 0.6 is 15.9 Å². The third-order valence-corrected chi connectivity index (χ3v) is 14.1. The van der Waals surface area contributed by atoms with Crippen LogP contribution in [0.2, 0.25) is 32.7 Å². The van der Waals surface area contributed by atoms with Gasteiger partial charge in [-0.2, -0.15) is 0 Å². The molecule has 0 N–H and O–H groups in total. The van der Waals surface area contributed by atoms with Gasteiger partial charge in [-0.3, -0.25) is 0 Å². The average Bonchev–Trinajstić information content (AvgIpc) is 3.10. The number of benzene rings is 2. The van der Waals surface area contributed by atoms with E-state index in [1.165, 1.54) is 15.6 Å². The van der Waals surface area contributed by atoms with Crippen LogP contribution in [0.3, 0.4) is 0 Å². The lowest BCUT2D eigenvalue weighted by molar-refractivity contribution is 0.968. The largest absolute Gasteiger partial charge is 0.0783 e. The van der Waals surface area contributed by atoms with Crippen molar-refractivity contribution >= 4 is 49.4 Å². The number of hydrogen-bond acceptors (Lipinski definition) is 0. The Morgan fingerprint density at radius 2 is 1.21 bits per heavy atom. The average molecular weight is 468 g/mol. The van der Waals surface area contributed by atoms with E-state index in [9.17, 15) is 0 Å². The molecule has 146 valence electrons. The van der Waals surface area contributed by atoms with Gasteiger partial charge in [0, 0.05) is 15.6 Å². The smallest absolute Gasteiger partial charge is 0.0679 e. The van der Waals surface area contributed by atoms with E-state index >= 15 is 0 Å². The minimum Gasteiger partial charge on any atom is -0.0679 e. The van der Waals surface area contributed by atoms with Gasteiger partial charge in [0.25, 0.3) is 0 Å². The summed E-state index contributed by atoms with van der Waals surface area (Å²) < 4.78 is 1.23. The normalized spacial score (nSPS) is 21.3. The summed E-state index contributed by atoms with van der Waals surface area (Å²) in [5.74, 6) is 0. The third-order valence-electron chi connectivity index (χ3n) is 6.80. The molecule has 0 saturated heterocycles. The Morgan fingerprint density at radius 1 is 0.714 bits per heavy atom. The van der Waals surface area contributed by atoms with Crippen LogP contribution in [0.1, 0.15) is 47.2 Å². The second-order valence-corrected chi connectivity index (χ2v) is 21.0. The molecular weight excluding hydrogens is 436 g/mol. The number of fused-ring (bicyclic) bond motifs is 2. The highest BCUT2D eigenvalue weighted by Gasteiger charge is 2.47. The Kier molecular flexibility index (Phi) is 4.80. The highest BCUT2D eigenvalue weighted by atomic mass is 79.9. The van der Waals surface area contributed by atoms with Crippen molar-refractivity contribution in [3.8, 4) is 0 Å². The Hall–Kier alpha value is -1.17. The first-order valence-corrected chi connectivity index (χ1v) is 17.8. The zero-order valence-electron chi connectivity index (χ0n) is 18.2. The van der Waals surface area contributed by atoms with E-state index in [1.54, 1.807) is 27.5 Å². The van der Waals surface area contributed by atoms with Gasteiger partial charge >= 0.3 is 0 Å². The molecule has 4 rings (SSSR count). The number of rotatable bonds is 3. The van der Waals surface area contributed by atoms with Gasteiger partial charge in [-0.05, 0) is 42.2 Å². The van der Waals surface area contributed by atoms with Crippen LogP contribution in [0.4, 0.5) is 0 Å². The van der Waals surface area contributed by atoms with Crippen LogP contribution < -0.4 is 5.19 Å². The van der Waals surface area contributed by atoms with Crippen molar-refractivity contribution in [2.75, 3.05) is 0 Å². The fourth-order valence-electron chi connectivity index (χ4n) is 5.86. The summed E-state index contributed by atoms with van der Waals surface area (Å²) in [6.45, 7) is 17.4. The lowest BCUT2D eigenvalue weighted by atomic mass is 10.1. The van der Waals surface area contributed by atoms with Crippen molar-refractivity contribution in [1.82, 2.24) is 0 Å². The van der Waals surface area contributed by atoms with E-state index in [2.05, 4.69) is 111 Å². The molecule has 2 aliphatic carbocycles. The molecule has 0 fully saturated rings. The second kappa shape index (κ2) is 6.68. The maximum Gasteiger partial charge on any atom is 0.0783 e. The molecule has 28 heavy (non-hydrogen) atoms. The molecular formula is C25H31BrSi2. The van der Waals surface area contributed by atoms with Crippen LogP contribution in [0.5, 0.6) is 0 Å². The minimum absolute atomic E-state index is 0.579. The van der Waals surface area contributed by atoms with Crippen molar-refractivity contribution < 1.29 is 0 Å². The molecule has 0 aliphatic heterocycles. The fraction of sp³-hybridized carbons (Fsp3) is 0.360. The summed E-state index contributed by atoms with van der Waals surface area (Å²) in [6.07, 6.45) is 4.95. The topological polar surface area (TPSA) is 0 Å². The monoisotopic (exact) mass is 466 g/mol. The molecule has 2 aromatic carbocycles. The van der Waals surface area contributed by atoms with Gasteiger partial charge in [-0.15, -0.1) is 0 Å². The Morgan fingerprint density at radius 3 is 1.79 bits per heavy atom. The van der Waals surface area contributed by atoms with E-state index in [-0.39, 0.29) is 0 Å². The Balaban J connectivity index is 1.85. The summed E-state index contributed by atoms with van der Waals surface area (Å²) in [4.78, 5) is 0. The molecule has 0 spiro atoms. The molecule has 0 saturated carbocycles. The van der Waals surface area contributed by atoms with Crippen molar-refractivity contribution in [2.45, 2.75) is 57.7 Å². The maximum atomic E-state index is 3.79. The van der Waals surface area contributed by atoms with E-state index in [0.29, 0.717) is 11.1 Å². The summed E-state index contributed by atoms with van der Waals surface area (Å²) >= 11 is 3.79. The maximum absolute atomic E-state index is 3.79. The first-order chi connectivity index (χ1) is 13.0. The highest BCUT2D eigenvalue weighted by Crippen LogP contribution is 2.52. The van der Waals surface area contributed by atoms with Crippen LogP contribution in [0.15, 0.2) is 52.0 Å². The zero-order valence-corrected chi connectivity index (χ0v) is 21.7. The SMILES string of the molecule is CC1=Cc2c(Br)cccc2C1[Si](C)(C)C1C(C)=Cc2c1cccc2[Si](C)(C)C. The van der Waals surface area contributed by atoms with Gasteiger partial charge in [0.05, 0.1) is 16.1 Å². The van der Waals surface area contributed by atoms with Crippen LogP contribution in [0.25, 0.3) is 12.2 Å². The number of allylic oxidation sites excluding steroid dienone is 2. The number of hydrogen-bond donors (Lipinski definition) is 0. The van der Waals surface area contributed by atoms with Crippen LogP contribution in [0, 0.1) is 0 Å². The highest BCUT2D eigenvalue weighted by molar-refractivity contribution is 9.10. The van der Waals surface area contributed by atoms with E-state index in [0.717, 1.165) is 0 Å². The van der Waals surface area contributed by atoms with Crippen molar-refractivity contribution in [3.05, 3.63) is 74.3 Å². The summed E-state index contributed by atoms with van der Waals surface area (Å²) in [5, 5.41) is 1.62. The van der Waals surface area contributed by atoms with Gasteiger partial charge in [0.2, 0.25) is 0 Å². The summed E-state index contributed by atoms with van der Waals surface area (Å²) in [6, 6.07) is 13.9. The van der Waals surface area contributed by atoms with Crippen LogP contribution in [-0.2, 0) is 0 Å². The molecule has 2 atom stereocenters. The third kappa shape index (κ3) is 2.98. The lowest BCUT2D eigenvalue weighted by Gasteiger charge is -2.39. The quantitative estimate of drug-likeness (QED) is 0.411. The molecule has 0 radical (unpaired) electrons. The van der Waals surface area contributed by atoms with Gasteiger partial charge in [-0.25, -0.2) is 0 Å². The first kappa shape index (κ1) is 20.1.